The Kier molecular flexibility index (Phi) is 7.96. The highest BCUT2D eigenvalue weighted by molar-refractivity contribution is 7.89. The van der Waals surface area contributed by atoms with Gasteiger partial charge >= 0.3 is 0 Å². The Labute approximate surface area is 198 Å². The van der Waals surface area contributed by atoms with E-state index in [-0.39, 0.29) is 23.3 Å². The highest BCUT2D eigenvalue weighted by Gasteiger charge is 2.28. The van der Waals surface area contributed by atoms with Crippen LogP contribution in [0.2, 0.25) is 0 Å². The van der Waals surface area contributed by atoms with Crippen molar-refractivity contribution in [3.8, 4) is 0 Å². The third kappa shape index (κ3) is 5.90. The van der Waals surface area contributed by atoms with Gasteiger partial charge in [-0.1, -0.05) is 49.4 Å². The number of carbonyl (C=O) groups excluding carboxylic acids is 1. The smallest absolute Gasteiger partial charge is 0.243 e. The highest BCUT2D eigenvalue weighted by atomic mass is 32.2. The van der Waals surface area contributed by atoms with E-state index >= 15 is 0 Å². The van der Waals surface area contributed by atoms with Gasteiger partial charge in [-0.25, -0.2) is 8.42 Å². The highest BCUT2D eigenvalue weighted by Crippen LogP contribution is 2.25. The molecule has 0 amide bonds. The van der Waals surface area contributed by atoms with Crippen molar-refractivity contribution in [3.63, 3.8) is 0 Å². The molecular formula is C26H35N3O3S. The van der Waals surface area contributed by atoms with Gasteiger partial charge in [-0.05, 0) is 62.4 Å². The van der Waals surface area contributed by atoms with Crippen molar-refractivity contribution >= 4 is 15.8 Å². The van der Waals surface area contributed by atoms with E-state index in [1.165, 1.54) is 24.5 Å². The Bertz CT molecular complexity index is 1030. The molecule has 0 spiro atoms. The first-order valence-corrected chi connectivity index (χ1v) is 13.5. The lowest BCUT2D eigenvalue weighted by molar-refractivity contribution is 0.0987. The summed E-state index contributed by atoms with van der Waals surface area (Å²) in [4.78, 5) is 15.6. The van der Waals surface area contributed by atoms with Crippen LogP contribution in [0.5, 0.6) is 0 Å². The molecule has 1 N–H and O–H groups in total. The predicted molar refractivity (Wildman–Crippen MR) is 131 cm³/mol. The van der Waals surface area contributed by atoms with Crippen molar-refractivity contribution < 1.29 is 13.2 Å². The molecule has 6 nitrogen and oxygen atoms in total. The van der Waals surface area contributed by atoms with Gasteiger partial charge in [-0.2, -0.15) is 4.31 Å². The van der Waals surface area contributed by atoms with E-state index in [0.29, 0.717) is 31.1 Å². The number of carbonyl (C=O) groups is 1. The molecule has 2 heterocycles. The molecule has 2 aliphatic heterocycles. The largest absolute Gasteiger partial charge is 0.308 e. The van der Waals surface area contributed by atoms with Gasteiger partial charge in [-0.3, -0.25) is 9.69 Å². The number of hydrogen-bond donors (Lipinski definition) is 1. The van der Waals surface area contributed by atoms with E-state index in [0.717, 1.165) is 25.9 Å². The van der Waals surface area contributed by atoms with Crippen LogP contribution in [0, 0.1) is 5.92 Å². The maximum Gasteiger partial charge on any atom is 0.243 e. The third-order valence-corrected chi connectivity index (χ3v) is 8.82. The van der Waals surface area contributed by atoms with Crippen LogP contribution in [0.25, 0.3) is 0 Å². The second-order valence-electron chi connectivity index (χ2n) is 9.34. The number of benzene rings is 2. The van der Waals surface area contributed by atoms with E-state index in [1.807, 2.05) is 6.07 Å². The molecule has 0 radical (unpaired) electrons. The number of piperidine rings is 1. The third-order valence-electron chi connectivity index (χ3n) is 6.93. The standard InChI is InChI=1S/C26H35N3O3S/c1-21-12-16-29(17-13-21)33(31,32)24-11-7-10-23(18-24)26(30)20-27-19-25(28-14-5-6-15-28)22-8-3-2-4-9-22/h2-4,7-11,18,21,25,27H,5-6,12-17,19-20H2,1H3. The first kappa shape index (κ1) is 24.1. The maximum atomic E-state index is 13.1. The summed E-state index contributed by atoms with van der Waals surface area (Å²) in [5.41, 5.74) is 1.69. The number of nitrogens with zero attached hydrogens (tertiary/aromatic N) is 2. The molecule has 0 bridgehead atoms. The summed E-state index contributed by atoms with van der Waals surface area (Å²) >= 11 is 0. The van der Waals surface area contributed by atoms with Gasteiger partial charge in [-0.15, -0.1) is 0 Å². The summed E-state index contributed by atoms with van der Waals surface area (Å²) in [6.07, 6.45) is 4.17. The summed E-state index contributed by atoms with van der Waals surface area (Å²) in [5, 5.41) is 3.33. The number of ketones is 1. The van der Waals surface area contributed by atoms with E-state index < -0.39 is 10.0 Å². The fourth-order valence-corrected chi connectivity index (χ4v) is 6.33. The van der Waals surface area contributed by atoms with Crippen LogP contribution in [0.3, 0.4) is 0 Å². The topological polar surface area (TPSA) is 69.7 Å². The zero-order valence-corrected chi connectivity index (χ0v) is 20.3. The number of nitrogens with one attached hydrogen (secondary N) is 1. The molecular weight excluding hydrogens is 434 g/mol. The van der Waals surface area contributed by atoms with Crippen molar-refractivity contribution in [2.45, 2.75) is 43.5 Å². The normalized spacial score (nSPS) is 19.5. The number of Topliss-reactive ketones (excluding diaryl/α,β-unsaturated/α-hetero) is 1. The average molecular weight is 470 g/mol. The molecule has 33 heavy (non-hydrogen) atoms. The quantitative estimate of drug-likeness (QED) is 0.567. The van der Waals surface area contributed by atoms with E-state index in [4.69, 9.17) is 0 Å². The minimum absolute atomic E-state index is 0.0902. The van der Waals surface area contributed by atoms with Crippen LogP contribution in [0.15, 0.2) is 59.5 Å². The summed E-state index contributed by atoms with van der Waals surface area (Å²) in [5.74, 6) is 0.461. The fourth-order valence-electron chi connectivity index (χ4n) is 4.82. The summed E-state index contributed by atoms with van der Waals surface area (Å²) < 4.78 is 27.7. The number of hydrogen-bond acceptors (Lipinski definition) is 5. The minimum atomic E-state index is -3.57. The number of rotatable bonds is 9. The summed E-state index contributed by atoms with van der Waals surface area (Å²) in [7, 11) is -3.57. The van der Waals surface area contributed by atoms with Gasteiger partial charge < -0.3 is 5.32 Å². The molecule has 2 aromatic rings. The van der Waals surface area contributed by atoms with Crippen LogP contribution in [0.4, 0.5) is 0 Å². The van der Waals surface area contributed by atoms with Crippen molar-refractivity contribution in [1.82, 2.24) is 14.5 Å². The zero-order valence-electron chi connectivity index (χ0n) is 19.4. The Hall–Kier alpha value is -2.06. The summed E-state index contributed by atoms with van der Waals surface area (Å²) in [6, 6.07) is 17.1. The van der Waals surface area contributed by atoms with Gasteiger partial charge in [0.15, 0.2) is 5.78 Å². The summed E-state index contributed by atoms with van der Waals surface area (Å²) in [6.45, 7) is 6.25. The molecule has 1 unspecified atom stereocenters. The van der Waals surface area contributed by atoms with Crippen LogP contribution in [0.1, 0.15) is 54.6 Å². The molecule has 178 valence electrons. The van der Waals surface area contributed by atoms with Crippen molar-refractivity contribution in [2.24, 2.45) is 5.92 Å². The van der Waals surface area contributed by atoms with Crippen LogP contribution >= 0.6 is 0 Å². The molecule has 2 aromatic carbocycles. The molecule has 0 saturated carbocycles. The Balaban J connectivity index is 1.39. The Morgan fingerprint density at radius 2 is 1.70 bits per heavy atom. The molecule has 2 fully saturated rings. The van der Waals surface area contributed by atoms with Crippen LogP contribution in [-0.2, 0) is 10.0 Å². The zero-order chi connectivity index (χ0) is 23.3. The molecule has 2 saturated heterocycles. The first-order chi connectivity index (χ1) is 15.9. The lowest BCUT2D eigenvalue weighted by Gasteiger charge is -2.29. The Morgan fingerprint density at radius 3 is 2.39 bits per heavy atom. The van der Waals surface area contributed by atoms with Gasteiger partial charge in [0.25, 0.3) is 0 Å². The fraction of sp³-hybridized carbons (Fsp3) is 0.500. The lowest BCUT2D eigenvalue weighted by atomic mass is 10.0. The molecule has 0 aliphatic carbocycles. The molecule has 7 heteroatoms. The van der Waals surface area contributed by atoms with Crippen LogP contribution in [-0.4, -0.2) is 62.7 Å². The van der Waals surface area contributed by atoms with E-state index in [2.05, 4.69) is 41.4 Å². The van der Waals surface area contributed by atoms with Gasteiger partial charge in [0, 0.05) is 31.2 Å². The minimum Gasteiger partial charge on any atom is -0.308 e. The second kappa shape index (κ2) is 10.9. The predicted octanol–water partition coefficient (Wildman–Crippen LogP) is 3.72. The maximum absolute atomic E-state index is 13.1. The van der Waals surface area contributed by atoms with Gasteiger partial charge in [0.05, 0.1) is 11.4 Å². The van der Waals surface area contributed by atoms with Crippen LogP contribution < -0.4 is 5.32 Å². The van der Waals surface area contributed by atoms with Crippen molar-refractivity contribution in [1.29, 1.82) is 0 Å². The number of likely N-dealkylation sites (tertiary alicyclic amines) is 1. The van der Waals surface area contributed by atoms with Gasteiger partial charge in [0.1, 0.15) is 0 Å². The molecule has 2 aliphatic rings. The SMILES string of the molecule is CC1CCN(S(=O)(=O)c2cccc(C(=O)CNCC(c3ccccc3)N3CCCC3)c2)CC1. The van der Waals surface area contributed by atoms with E-state index in [9.17, 15) is 13.2 Å². The Morgan fingerprint density at radius 1 is 1.00 bits per heavy atom. The van der Waals surface area contributed by atoms with Crippen molar-refractivity contribution in [2.75, 3.05) is 39.3 Å². The monoisotopic (exact) mass is 469 g/mol. The lowest BCUT2D eigenvalue weighted by Crippen LogP contribution is -2.38. The van der Waals surface area contributed by atoms with Crippen molar-refractivity contribution in [3.05, 3.63) is 65.7 Å². The molecule has 0 aromatic heterocycles. The molecule has 4 rings (SSSR count). The van der Waals surface area contributed by atoms with Gasteiger partial charge in [0.2, 0.25) is 10.0 Å². The molecule has 1 atom stereocenters. The first-order valence-electron chi connectivity index (χ1n) is 12.1. The average Bonchev–Trinajstić information content (AvgIpc) is 3.37. The van der Waals surface area contributed by atoms with E-state index in [1.54, 1.807) is 22.5 Å². The number of sulfonamides is 1. The second-order valence-corrected chi connectivity index (χ2v) is 11.3.